The van der Waals surface area contributed by atoms with Crippen molar-refractivity contribution >= 4 is 17.0 Å². The second kappa shape index (κ2) is 9.49. The van der Waals surface area contributed by atoms with Crippen molar-refractivity contribution in [3.05, 3.63) is 89.2 Å². The van der Waals surface area contributed by atoms with E-state index < -0.39 is 0 Å². The smallest absolute Gasteiger partial charge is 0.340 e. The monoisotopic (exact) mass is 423 g/mol. The van der Waals surface area contributed by atoms with E-state index in [4.69, 9.17) is 9.72 Å². The van der Waals surface area contributed by atoms with Gasteiger partial charge in [0.05, 0.1) is 29.8 Å². The number of nitrogens with zero attached hydrogens (tertiary/aromatic N) is 3. The Morgan fingerprint density at radius 1 is 1.06 bits per heavy atom. The van der Waals surface area contributed by atoms with Gasteiger partial charge in [-0.3, -0.25) is 0 Å². The fraction of sp³-hybridized carbons (Fsp3) is 0.222. The lowest BCUT2D eigenvalue weighted by Gasteiger charge is -2.11. The first kappa shape index (κ1) is 21.3. The molecule has 5 heteroatoms. The summed E-state index contributed by atoms with van der Waals surface area (Å²) >= 11 is 0. The summed E-state index contributed by atoms with van der Waals surface area (Å²) < 4.78 is 7.15. The number of carbonyl (C=O) groups is 1. The molecule has 0 fully saturated rings. The summed E-state index contributed by atoms with van der Waals surface area (Å²) in [5.74, 6) is 0.597. The first-order valence-electron chi connectivity index (χ1n) is 10.8. The van der Waals surface area contributed by atoms with E-state index >= 15 is 0 Å². The number of imidazole rings is 1. The lowest BCUT2D eigenvalue weighted by Crippen LogP contribution is -2.05. The number of para-hydroxylation sites is 1. The number of rotatable bonds is 7. The average molecular weight is 424 g/mol. The number of hydrogen-bond acceptors (Lipinski definition) is 4. The van der Waals surface area contributed by atoms with Gasteiger partial charge >= 0.3 is 5.97 Å². The molecule has 4 rings (SSSR count). The molecule has 3 aromatic carbocycles. The Morgan fingerprint density at radius 2 is 1.84 bits per heavy atom. The van der Waals surface area contributed by atoms with E-state index in [0.717, 1.165) is 47.3 Å². The van der Waals surface area contributed by atoms with Crippen LogP contribution in [0.4, 0.5) is 0 Å². The molecule has 0 saturated carbocycles. The van der Waals surface area contributed by atoms with Crippen molar-refractivity contribution in [1.29, 1.82) is 5.26 Å². The van der Waals surface area contributed by atoms with Gasteiger partial charge in [0.15, 0.2) is 0 Å². The minimum atomic E-state index is -0.372. The number of esters is 1. The second-order valence-electron chi connectivity index (χ2n) is 7.74. The third-order valence-electron chi connectivity index (χ3n) is 5.67. The number of benzene rings is 3. The Bertz CT molecular complexity index is 1300. The molecule has 32 heavy (non-hydrogen) atoms. The lowest BCUT2D eigenvalue weighted by atomic mass is 9.99. The second-order valence-corrected chi connectivity index (χ2v) is 7.74. The van der Waals surface area contributed by atoms with Crippen molar-refractivity contribution in [2.75, 3.05) is 7.11 Å². The topological polar surface area (TPSA) is 67.9 Å². The summed E-state index contributed by atoms with van der Waals surface area (Å²) in [5.41, 5.74) is 5.84. The number of unbranched alkanes of at least 4 members (excludes halogenated alkanes) is 1. The molecule has 0 unspecified atom stereocenters. The van der Waals surface area contributed by atoms with Gasteiger partial charge in [-0.15, -0.1) is 0 Å². The van der Waals surface area contributed by atoms with Crippen LogP contribution in [0.3, 0.4) is 0 Å². The highest BCUT2D eigenvalue weighted by Gasteiger charge is 2.18. The Labute approximate surface area is 187 Å². The van der Waals surface area contributed by atoms with Gasteiger partial charge in [-0.05, 0) is 41.3 Å². The van der Waals surface area contributed by atoms with E-state index in [0.29, 0.717) is 23.2 Å². The van der Waals surface area contributed by atoms with Crippen LogP contribution in [0, 0.1) is 11.3 Å². The van der Waals surface area contributed by atoms with E-state index in [1.165, 1.54) is 7.11 Å². The fourth-order valence-corrected chi connectivity index (χ4v) is 3.98. The van der Waals surface area contributed by atoms with Crippen LogP contribution >= 0.6 is 0 Å². The number of aryl methyl sites for hydroxylation is 1. The summed E-state index contributed by atoms with van der Waals surface area (Å²) in [4.78, 5) is 17.1. The van der Waals surface area contributed by atoms with E-state index in [1.54, 1.807) is 6.07 Å². The number of ether oxygens (including phenoxy) is 1. The van der Waals surface area contributed by atoms with E-state index in [9.17, 15) is 10.1 Å². The molecule has 0 aliphatic carbocycles. The Balaban J connectivity index is 1.72. The summed E-state index contributed by atoms with van der Waals surface area (Å²) in [7, 11) is 1.39. The molecule has 0 aliphatic heterocycles. The SMILES string of the molecule is CCCCc1nc2c(C(=O)OC)cccc2n1Cc1ccc(-c2ccccc2C#N)cc1. The van der Waals surface area contributed by atoms with Crippen molar-refractivity contribution in [1.82, 2.24) is 9.55 Å². The molecule has 1 aromatic heterocycles. The van der Waals surface area contributed by atoms with E-state index in [-0.39, 0.29) is 5.97 Å². The molecule has 0 aliphatic rings. The molecule has 0 atom stereocenters. The number of methoxy groups -OCH3 is 1. The van der Waals surface area contributed by atoms with Crippen LogP contribution in [0.1, 0.15) is 47.1 Å². The van der Waals surface area contributed by atoms with Crippen LogP contribution in [-0.4, -0.2) is 22.6 Å². The van der Waals surface area contributed by atoms with Crippen molar-refractivity contribution in [3.8, 4) is 17.2 Å². The van der Waals surface area contributed by atoms with Crippen molar-refractivity contribution in [2.24, 2.45) is 0 Å². The zero-order chi connectivity index (χ0) is 22.5. The maximum absolute atomic E-state index is 12.3. The molecule has 5 nitrogen and oxygen atoms in total. The van der Waals surface area contributed by atoms with Gasteiger partial charge in [0.2, 0.25) is 0 Å². The zero-order valence-corrected chi connectivity index (χ0v) is 18.3. The quantitative estimate of drug-likeness (QED) is 0.355. The van der Waals surface area contributed by atoms with Gasteiger partial charge in [0.25, 0.3) is 0 Å². The first-order valence-corrected chi connectivity index (χ1v) is 10.8. The molecule has 160 valence electrons. The minimum Gasteiger partial charge on any atom is -0.465 e. The van der Waals surface area contributed by atoms with Crippen LogP contribution < -0.4 is 0 Å². The standard InChI is InChI=1S/C27H25N3O2/c1-3-4-12-25-29-26-23(27(31)32-2)10-7-11-24(26)30(25)18-19-13-15-20(16-14-19)22-9-6-5-8-21(22)17-28/h5-11,13-16H,3-4,12,18H2,1-2H3. The highest BCUT2D eigenvalue weighted by molar-refractivity contribution is 6.02. The summed E-state index contributed by atoms with van der Waals surface area (Å²) in [6, 6.07) is 23.8. The summed E-state index contributed by atoms with van der Waals surface area (Å²) in [6.07, 6.45) is 2.94. The molecule has 0 saturated heterocycles. The first-order chi connectivity index (χ1) is 15.7. The van der Waals surface area contributed by atoms with Crippen molar-refractivity contribution in [3.63, 3.8) is 0 Å². The molecule has 1 heterocycles. The van der Waals surface area contributed by atoms with Crippen LogP contribution in [0.25, 0.3) is 22.2 Å². The van der Waals surface area contributed by atoms with E-state index in [1.807, 2.05) is 36.4 Å². The van der Waals surface area contributed by atoms with Gasteiger partial charge in [0.1, 0.15) is 11.3 Å². The largest absolute Gasteiger partial charge is 0.465 e. The molecule has 0 radical (unpaired) electrons. The number of fused-ring (bicyclic) bond motifs is 1. The molecule has 0 bridgehead atoms. The Hall–Kier alpha value is -3.91. The fourth-order valence-electron chi connectivity index (χ4n) is 3.98. The van der Waals surface area contributed by atoms with Gasteiger partial charge in [-0.2, -0.15) is 5.26 Å². The average Bonchev–Trinajstić information content (AvgIpc) is 3.19. The van der Waals surface area contributed by atoms with Crippen molar-refractivity contribution < 1.29 is 9.53 Å². The number of hydrogen-bond donors (Lipinski definition) is 0. The predicted octanol–water partition coefficient (Wildman–Crippen LogP) is 5.75. The molecular formula is C27H25N3O2. The molecular weight excluding hydrogens is 398 g/mol. The molecule has 0 spiro atoms. The zero-order valence-electron chi connectivity index (χ0n) is 18.3. The Morgan fingerprint density at radius 3 is 2.56 bits per heavy atom. The molecule has 0 N–H and O–H groups in total. The summed E-state index contributed by atoms with van der Waals surface area (Å²) in [6.45, 7) is 2.81. The molecule has 4 aromatic rings. The third-order valence-corrected chi connectivity index (χ3v) is 5.67. The van der Waals surface area contributed by atoms with E-state index in [2.05, 4.69) is 41.8 Å². The maximum Gasteiger partial charge on any atom is 0.340 e. The maximum atomic E-state index is 12.3. The predicted molar refractivity (Wildman–Crippen MR) is 125 cm³/mol. The number of nitriles is 1. The lowest BCUT2D eigenvalue weighted by molar-refractivity contribution is 0.0603. The summed E-state index contributed by atoms with van der Waals surface area (Å²) in [5, 5.41) is 9.39. The van der Waals surface area contributed by atoms with Gasteiger partial charge < -0.3 is 9.30 Å². The van der Waals surface area contributed by atoms with Crippen LogP contribution in [0.5, 0.6) is 0 Å². The van der Waals surface area contributed by atoms with Crippen LogP contribution in [0.15, 0.2) is 66.7 Å². The minimum absolute atomic E-state index is 0.372. The van der Waals surface area contributed by atoms with Gasteiger partial charge in [0, 0.05) is 13.0 Å². The highest BCUT2D eigenvalue weighted by atomic mass is 16.5. The highest BCUT2D eigenvalue weighted by Crippen LogP contribution is 2.26. The normalized spacial score (nSPS) is 10.8. The molecule has 0 amide bonds. The van der Waals surface area contributed by atoms with Crippen LogP contribution in [-0.2, 0) is 17.7 Å². The van der Waals surface area contributed by atoms with Gasteiger partial charge in [-0.25, -0.2) is 9.78 Å². The third kappa shape index (κ3) is 4.13. The van der Waals surface area contributed by atoms with Gasteiger partial charge in [-0.1, -0.05) is 61.9 Å². The Kier molecular flexibility index (Phi) is 6.32. The number of aromatic nitrogens is 2. The van der Waals surface area contributed by atoms with Crippen LogP contribution in [0.2, 0.25) is 0 Å². The van der Waals surface area contributed by atoms with Crippen molar-refractivity contribution in [2.45, 2.75) is 32.7 Å². The number of carbonyl (C=O) groups excluding carboxylic acids is 1.